The standard InChI is InChI=1S/C18H30N2O2S/c1-2-8-17-9-11-18(12-10-17)23(21,22)19-13-7-16-20-14-5-3-4-6-15-20/h9-12,19H,2-8,13-16H2,1H3. The van der Waals surface area contributed by atoms with Crippen LogP contribution in [0.4, 0.5) is 0 Å². The summed E-state index contributed by atoms with van der Waals surface area (Å²) < 4.78 is 27.3. The second kappa shape index (κ2) is 9.40. The van der Waals surface area contributed by atoms with Crippen molar-refractivity contribution in [1.29, 1.82) is 0 Å². The maximum absolute atomic E-state index is 12.3. The largest absolute Gasteiger partial charge is 0.303 e. The molecule has 4 nitrogen and oxygen atoms in total. The van der Waals surface area contributed by atoms with Gasteiger partial charge in [-0.1, -0.05) is 38.3 Å². The number of hydrogen-bond acceptors (Lipinski definition) is 3. The summed E-state index contributed by atoms with van der Waals surface area (Å²) in [5, 5.41) is 0. The molecule has 130 valence electrons. The molecule has 1 aromatic carbocycles. The van der Waals surface area contributed by atoms with Crippen LogP contribution in [-0.4, -0.2) is 39.5 Å². The molecule has 1 aliphatic heterocycles. The van der Waals surface area contributed by atoms with Gasteiger partial charge in [-0.2, -0.15) is 0 Å². The van der Waals surface area contributed by atoms with Gasteiger partial charge in [-0.3, -0.25) is 0 Å². The Morgan fingerprint density at radius 2 is 1.70 bits per heavy atom. The minimum atomic E-state index is -3.37. The summed E-state index contributed by atoms with van der Waals surface area (Å²) in [4.78, 5) is 2.83. The van der Waals surface area contributed by atoms with Crippen LogP contribution in [0.5, 0.6) is 0 Å². The van der Waals surface area contributed by atoms with E-state index in [1.165, 1.54) is 31.2 Å². The fourth-order valence-electron chi connectivity index (χ4n) is 3.08. The zero-order valence-electron chi connectivity index (χ0n) is 14.3. The van der Waals surface area contributed by atoms with Gasteiger partial charge in [0.2, 0.25) is 10.0 Å². The molecule has 1 aliphatic rings. The SMILES string of the molecule is CCCc1ccc(S(=O)(=O)NCCCN2CCCCCC2)cc1. The zero-order chi connectivity index (χ0) is 16.5. The van der Waals surface area contributed by atoms with Crippen molar-refractivity contribution in [3.8, 4) is 0 Å². The number of sulfonamides is 1. The van der Waals surface area contributed by atoms with Crippen LogP contribution in [0.2, 0.25) is 0 Å². The monoisotopic (exact) mass is 338 g/mol. The quantitative estimate of drug-likeness (QED) is 0.741. The minimum absolute atomic E-state index is 0.368. The Morgan fingerprint density at radius 1 is 1.04 bits per heavy atom. The Morgan fingerprint density at radius 3 is 2.30 bits per heavy atom. The van der Waals surface area contributed by atoms with Gasteiger partial charge in [-0.25, -0.2) is 13.1 Å². The smallest absolute Gasteiger partial charge is 0.240 e. The van der Waals surface area contributed by atoms with Gasteiger partial charge >= 0.3 is 0 Å². The lowest BCUT2D eigenvalue weighted by Crippen LogP contribution is -2.30. The van der Waals surface area contributed by atoms with E-state index in [4.69, 9.17) is 0 Å². The molecule has 0 radical (unpaired) electrons. The summed E-state index contributed by atoms with van der Waals surface area (Å²) in [5.74, 6) is 0. The molecule has 0 atom stereocenters. The summed E-state index contributed by atoms with van der Waals surface area (Å²) in [6.45, 7) is 5.93. The predicted octanol–water partition coefficient (Wildman–Crippen LogP) is 3.18. The van der Waals surface area contributed by atoms with Gasteiger partial charge in [-0.15, -0.1) is 0 Å². The molecule has 0 bridgehead atoms. The fraction of sp³-hybridized carbons (Fsp3) is 0.667. The number of aryl methyl sites for hydroxylation is 1. The van der Waals surface area contributed by atoms with Crippen LogP contribution in [0.25, 0.3) is 0 Å². The molecular weight excluding hydrogens is 308 g/mol. The summed E-state index contributed by atoms with van der Waals surface area (Å²) in [7, 11) is -3.37. The third-order valence-corrected chi connectivity index (χ3v) is 5.89. The second-order valence-electron chi connectivity index (χ2n) is 6.40. The van der Waals surface area contributed by atoms with Crippen LogP contribution in [0.1, 0.15) is 51.0 Å². The van der Waals surface area contributed by atoms with Gasteiger partial charge in [0.15, 0.2) is 0 Å². The third-order valence-electron chi connectivity index (χ3n) is 4.41. The van der Waals surface area contributed by atoms with E-state index in [0.29, 0.717) is 11.4 Å². The van der Waals surface area contributed by atoms with E-state index in [2.05, 4.69) is 16.5 Å². The van der Waals surface area contributed by atoms with Crippen molar-refractivity contribution < 1.29 is 8.42 Å². The minimum Gasteiger partial charge on any atom is -0.303 e. The lowest BCUT2D eigenvalue weighted by atomic mass is 10.1. The van der Waals surface area contributed by atoms with Gasteiger partial charge in [0.1, 0.15) is 0 Å². The van der Waals surface area contributed by atoms with Crippen molar-refractivity contribution in [1.82, 2.24) is 9.62 Å². The molecule has 0 spiro atoms. The number of rotatable bonds is 8. The normalized spacial score (nSPS) is 17.1. The molecule has 0 saturated carbocycles. The molecule has 1 saturated heterocycles. The first-order chi connectivity index (χ1) is 11.1. The fourth-order valence-corrected chi connectivity index (χ4v) is 4.15. The summed E-state index contributed by atoms with van der Waals surface area (Å²) in [6, 6.07) is 7.24. The molecular formula is C18H30N2O2S. The number of likely N-dealkylation sites (tertiary alicyclic amines) is 1. The number of hydrogen-bond donors (Lipinski definition) is 1. The molecule has 1 N–H and O–H groups in total. The molecule has 0 amide bonds. The highest BCUT2D eigenvalue weighted by Gasteiger charge is 2.14. The highest BCUT2D eigenvalue weighted by Crippen LogP contribution is 2.12. The number of nitrogens with one attached hydrogen (secondary N) is 1. The van der Waals surface area contributed by atoms with Gasteiger partial charge in [0.25, 0.3) is 0 Å². The zero-order valence-corrected chi connectivity index (χ0v) is 15.1. The summed E-state index contributed by atoms with van der Waals surface area (Å²) in [5.41, 5.74) is 1.19. The van der Waals surface area contributed by atoms with Crippen LogP contribution in [-0.2, 0) is 16.4 Å². The highest BCUT2D eigenvalue weighted by atomic mass is 32.2. The van der Waals surface area contributed by atoms with Crippen molar-refractivity contribution in [2.24, 2.45) is 0 Å². The number of nitrogens with zero attached hydrogens (tertiary/aromatic N) is 1. The Labute approximate surface area is 141 Å². The first-order valence-corrected chi connectivity index (χ1v) is 10.4. The van der Waals surface area contributed by atoms with E-state index < -0.39 is 10.0 Å². The molecule has 0 unspecified atom stereocenters. The molecule has 1 heterocycles. The number of benzene rings is 1. The molecule has 0 aliphatic carbocycles. The molecule has 1 aromatic rings. The van der Waals surface area contributed by atoms with E-state index in [1.54, 1.807) is 12.1 Å². The maximum atomic E-state index is 12.3. The van der Waals surface area contributed by atoms with Crippen LogP contribution in [0.15, 0.2) is 29.2 Å². The van der Waals surface area contributed by atoms with Crippen molar-refractivity contribution in [2.75, 3.05) is 26.2 Å². The lowest BCUT2D eigenvalue weighted by Gasteiger charge is -2.19. The Balaban J connectivity index is 1.76. The van der Waals surface area contributed by atoms with Gasteiger partial charge in [0.05, 0.1) is 4.90 Å². The van der Waals surface area contributed by atoms with Crippen LogP contribution in [0.3, 0.4) is 0 Å². The first-order valence-electron chi connectivity index (χ1n) is 8.93. The lowest BCUT2D eigenvalue weighted by molar-refractivity contribution is 0.282. The average molecular weight is 339 g/mol. The molecule has 0 aromatic heterocycles. The van der Waals surface area contributed by atoms with E-state index in [0.717, 1.165) is 38.9 Å². The van der Waals surface area contributed by atoms with Crippen molar-refractivity contribution in [2.45, 2.75) is 56.8 Å². The van der Waals surface area contributed by atoms with Crippen LogP contribution >= 0.6 is 0 Å². The molecule has 1 fully saturated rings. The summed E-state index contributed by atoms with van der Waals surface area (Å²) in [6.07, 6.45) is 8.14. The third kappa shape index (κ3) is 6.24. The van der Waals surface area contributed by atoms with Gasteiger partial charge in [0, 0.05) is 6.54 Å². The summed E-state index contributed by atoms with van der Waals surface area (Å²) >= 11 is 0. The molecule has 5 heteroatoms. The Hall–Kier alpha value is -0.910. The second-order valence-corrected chi connectivity index (χ2v) is 8.17. The van der Waals surface area contributed by atoms with E-state index in [-0.39, 0.29) is 0 Å². The van der Waals surface area contributed by atoms with Crippen molar-refractivity contribution >= 4 is 10.0 Å². The van der Waals surface area contributed by atoms with Crippen LogP contribution in [0, 0.1) is 0 Å². The van der Waals surface area contributed by atoms with Crippen molar-refractivity contribution in [3.05, 3.63) is 29.8 Å². The Bertz CT molecular complexity index is 547. The molecule has 2 rings (SSSR count). The van der Waals surface area contributed by atoms with Crippen molar-refractivity contribution in [3.63, 3.8) is 0 Å². The maximum Gasteiger partial charge on any atom is 0.240 e. The predicted molar refractivity (Wildman–Crippen MR) is 95.2 cm³/mol. The van der Waals surface area contributed by atoms with Gasteiger partial charge in [-0.05, 0) is 63.0 Å². The topological polar surface area (TPSA) is 49.4 Å². The van der Waals surface area contributed by atoms with E-state index >= 15 is 0 Å². The van der Waals surface area contributed by atoms with E-state index in [9.17, 15) is 8.42 Å². The average Bonchev–Trinajstić information content (AvgIpc) is 2.81. The van der Waals surface area contributed by atoms with Crippen LogP contribution < -0.4 is 4.72 Å². The molecule has 23 heavy (non-hydrogen) atoms. The first kappa shape index (κ1) is 18.4. The highest BCUT2D eigenvalue weighted by molar-refractivity contribution is 7.89. The Kier molecular flexibility index (Phi) is 7.53. The van der Waals surface area contributed by atoms with E-state index in [1.807, 2.05) is 12.1 Å². The van der Waals surface area contributed by atoms with Gasteiger partial charge < -0.3 is 4.90 Å².